The minimum Gasteiger partial charge on any atom is -0.449 e. The maximum Gasteiger partial charge on any atom is 0.234 e. The Bertz CT molecular complexity index is 770. The summed E-state index contributed by atoms with van der Waals surface area (Å²) in [5.74, 6) is -1.47. The molecule has 0 unspecified atom stereocenters. The summed E-state index contributed by atoms with van der Waals surface area (Å²) >= 11 is 0. The summed E-state index contributed by atoms with van der Waals surface area (Å²) < 4.78 is 1.11. The summed E-state index contributed by atoms with van der Waals surface area (Å²) in [6, 6.07) is 0. The molecule has 5 amide bonds. The fourth-order valence-electron chi connectivity index (χ4n) is 3.93. The zero-order valence-corrected chi connectivity index (χ0v) is 25.9. The van der Waals surface area contributed by atoms with Crippen LogP contribution in [0.4, 0.5) is 0 Å². The molecule has 0 aromatic heterocycles. The van der Waals surface area contributed by atoms with Crippen LogP contribution in [0.1, 0.15) is 90.9 Å². The van der Waals surface area contributed by atoms with Gasteiger partial charge >= 0.3 is 0 Å². The Morgan fingerprint density at radius 1 is 0.512 bits per heavy atom. The predicted molar refractivity (Wildman–Crippen MR) is 167 cm³/mol. The highest BCUT2D eigenvalue weighted by atomic mass is 16.2. The molecule has 0 bridgehead atoms. The lowest BCUT2D eigenvalue weighted by molar-refractivity contribution is -0.128. The first kappa shape index (κ1) is 40.2. The average molecular weight is 594 g/mol. The van der Waals surface area contributed by atoms with E-state index in [4.69, 9.17) is 31.9 Å². The average Bonchev–Trinajstić information content (AvgIpc) is 2.93. The molecular weight excluding hydrogens is 548 g/mol. The van der Waals surface area contributed by atoms with Crippen LogP contribution in [0.5, 0.6) is 0 Å². The Balaban J connectivity index is 4.60. The van der Waals surface area contributed by atoms with Gasteiger partial charge in [-0.2, -0.15) is 0 Å². The highest BCUT2D eigenvalue weighted by Gasteiger charge is 2.18. The Morgan fingerprint density at radius 2 is 0.837 bits per heavy atom. The van der Waals surface area contributed by atoms with Gasteiger partial charge in [0.25, 0.3) is 0 Å². The monoisotopic (exact) mass is 594 g/mol. The molecule has 0 saturated carbocycles. The normalized spacial score (nSPS) is 10.8. The molecule has 0 saturated heterocycles. The van der Waals surface area contributed by atoms with Gasteiger partial charge in [-0.15, -0.1) is 0 Å². The summed E-state index contributed by atoms with van der Waals surface area (Å²) in [5.41, 5.74) is 0. The molecule has 0 fully saturated rings. The van der Waals surface area contributed by atoms with E-state index in [0.29, 0.717) is 74.0 Å². The van der Waals surface area contributed by atoms with Crippen molar-refractivity contribution in [3.05, 3.63) is 0 Å². The fourth-order valence-corrected chi connectivity index (χ4v) is 3.93. The minimum absolute atomic E-state index is 0.0229. The highest BCUT2D eigenvalue weighted by Crippen LogP contribution is 2.06. The lowest BCUT2D eigenvalue weighted by atomic mass is 10.0. The van der Waals surface area contributed by atoms with E-state index < -0.39 is 0 Å². The SMILES string of the molecule is [B]N([B])C(=O)CCCCCNC(=O)CN(CC(=O)NCCCCCC(=O)C(C)C)CC(=O)NCCCCCC(=O)N([B])[B]. The van der Waals surface area contributed by atoms with Crippen molar-refractivity contribution in [3.63, 3.8) is 0 Å². The van der Waals surface area contributed by atoms with Gasteiger partial charge in [-0.05, 0) is 38.5 Å². The molecule has 0 spiro atoms. The molecule has 3 N–H and O–H groups in total. The third kappa shape index (κ3) is 23.4. The summed E-state index contributed by atoms with van der Waals surface area (Å²) in [6.07, 6.45) is 7.06. The predicted octanol–water partition coefficient (Wildman–Crippen LogP) is -0.465. The first-order valence-corrected chi connectivity index (χ1v) is 15.0. The Labute approximate surface area is 262 Å². The van der Waals surface area contributed by atoms with Crippen LogP contribution >= 0.6 is 0 Å². The maximum atomic E-state index is 12.5. The summed E-state index contributed by atoms with van der Waals surface area (Å²) in [7, 11) is 20.7. The number of unbranched alkanes of at least 4 members (excludes halogenated alkanes) is 6. The van der Waals surface area contributed by atoms with Crippen molar-refractivity contribution in [2.45, 2.75) is 90.9 Å². The maximum absolute atomic E-state index is 12.5. The summed E-state index contributed by atoms with van der Waals surface area (Å²) in [4.78, 5) is 73.6. The third-order valence-electron chi connectivity index (χ3n) is 6.52. The van der Waals surface area contributed by atoms with Gasteiger partial charge in [-0.25, -0.2) is 0 Å². The van der Waals surface area contributed by atoms with E-state index in [1.807, 2.05) is 13.8 Å². The van der Waals surface area contributed by atoms with E-state index in [9.17, 15) is 28.8 Å². The van der Waals surface area contributed by atoms with E-state index in [-0.39, 0.29) is 73.7 Å². The van der Waals surface area contributed by atoms with Crippen molar-refractivity contribution in [3.8, 4) is 0 Å². The van der Waals surface area contributed by atoms with Crippen molar-refractivity contribution in [1.82, 2.24) is 30.3 Å². The van der Waals surface area contributed by atoms with E-state index in [1.54, 1.807) is 0 Å². The molecule has 0 heterocycles. The largest absolute Gasteiger partial charge is 0.449 e. The number of nitrogens with one attached hydrogen (secondary N) is 3. The first-order valence-electron chi connectivity index (χ1n) is 15.0. The minimum atomic E-state index is -0.373. The molecule has 8 radical (unpaired) electrons. The topological polar surface area (TPSA) is 148 Å². The molecular formula is C27H46B4N6O6. The second kappa shape index (κ2) is 24.7. The molecule has 0 aromatic rings. The molecule has 0 atom stereocenters. The van der Waals surface area contributed by atoms with Crippen LogP contribution in [0.25, 0.3) is 0 Å². The van der Waals surface area contributed by atoms with Gasteiger partial charge in [0.15, 0.2) is 11.8 Å². The van der Waals surface area contributed by atoms with Crippen LogP contribution in [0, 0.1) is 5.92 Å². The fraction of sp³-hybridized carbons (Fsp3) is 0.778. The lowest BCUT2D eigenvalue weighted by Crippen LogP contribution is -2.47. The Morgan fingerprint density at radius 3 is 1.14 bits per heavy atom. The number of carbonyl (C=O) groups excluding carboxylic acids is 6. The molecule has 16 heteroatoms. The van der Waals surface area contributed by atoms with Gasteiger partial charge < -0.3 is 25.4 Å². The van der Waals surface area contributed by atoms with Crippen LogP contribution in [0.2, 0.25) is 0 Å². The summed E-state index contributed by atoms with van der Waals surface area (Å²) in [5, 5.41) is 8.35. The van der Waals surface area contributed by atoms with Crippen molar-refractivity contribution in [2.24, 2.45) is 5.92 Å². The molecule has 232 valence electrons. The quantitative estimate of drug-likeness (QED) is 0.0958. The van der Waals surface area contributed by atoms with Crippen molar-refractivity contribution < 1.29 is 28.8 Å². The number of rotatable bonds is 25. The van der Waals surface area contributed by atoms with E-state index in [1.165, 1.54) is 4.90 Å². The number of hydrogen-bond donors (Lipinski definition) is 3. The van der Waals surface area contributed by atoms with Crippen LogP contribution in [0.15, 0.2) is 0 Å². The Kier molecular flexibility index (Phi) is 23.1. The molecule has 0 rings (SSSR count). The van der Waals surface area contributed by atoms with Gasteiger partial charge in [0.2, 0.25) is 49.6 Å². The number of carbonyl (C=O) groups is 6. The van der Waals surface area contributed by atoms with E-state index in [0.717, 1.165) is 19.3 Å². The van der Waals surface area contributed by atoms with E-state index in [2.05, 4.69) is 16.0 Å². The second-order valence-electron chi connectivity index (χ2n) is 10.9. The third-order valence-corrected chi connectivity index (χ3v) is 6.52. The zero-order valence-electron chi connectivity index (χ0n) is 25.9. The van der Waals surface area contributed by atoms with Crippen LogP contribution < -0.4 is 16.0 Å². The standard InChI is InChI=1S/C27H46B4N6O6/c1-21(2)22(38)12-6-3-9-15-32-23(39)18-35(19-24(40)33-16-10-4-7-13-26(42)36(28)29)20-25(41)34-17-11-5-8-14-27(43)37(30)31/h21H,3-20H2,1-2H3,(H,32,39)(H,33,40)(H,34,41). The molecule has 0 aliphatic heterocycles. The van der Waals surface area contributed by atoms with Crippen molar-refractivity contribution in [1.29, 1.82) is 0 Å². The van der Waals surface area contributed by atoms with Gasteiger partial charge in [-0.1, -0.05) is 33.1 Å². The van der Waals surface area contributed by atoms with Gasteiger partial charge in [0.1, 0.15) is 5.78 Å². The van der Waals surface area contributed by atoms with Crippen LogP contribution in [-0.2, 0) is 28.8 Å². The summed E-state index contributed by atoms with van der Waals surface area (Å²) in [6.45, 7) is 4.50. The highest BCUT2D eigenvalue weighted by molar-refractivity contribution is 6.34. The lowest BCUT2D eigenvalue weighted by Gasteiger charge is -2.21. The van der Waals surface area contributed by atoms with E-state index >= 15 is 0 Å². The number of nitrogens with zero attached hydrogens (tertiary/aromatic N) is 3. The number of ketones is 1. The van der Waals surface area contributed by atoms with Gasteiger partial charge in [-0.3, -0.25) is 33.7 Å². The van der Waals surface area contributed by atoms with Crippen molar-refractivity contribution >= 4 is 67.2 Å². The second-order valence-corrected chi connectivity index (χ2v) is 10.9. The number of hydrogen-bond acceptors (Lipinski definition) is 7. The van der Waals surface area contributed by atoms with Gasteiger partial charge in [0.05, 0.1) is 19.6 Å². The van der Waals surface area contributed by atoms with Crippen molar-refractivity contribution in [2.75, 3.05) is 39.3 Å². The van der Waals surface area contributed by atoms with Crippen LogP contribution in [0.3, 0.4) is 0 Å². The Hall–Kier alpha value is -2.76. The van der Waals surface area contributed by atoms with Crippen LogP contribution in [-0.4, -0.2) is 121 Å². The number of Topliss-reactive ketones (excluding diaryl/α,β-unsaturated/α-hetero) is 1. The molecule has 12 nitrogen and oxygen atoms in total. The molecule has 0 aliphatic rings. The molecule has 0 aliphatic carbocycles. The zero-order chi connectivity index (χ0) is 32.6. The van der Waals surface area contributed by atoms with Gasteiger partial charge in [0, 0.05) is 44.8 Å². The smallest absolute Gasteiger partial charge is 0.234 e. The number of amides is 5. The molecule has 0 aromatic carbocycles. The molecule has 43 heavy (non-hydrogen) atoms. The first-order chi connectivity index (χ1) is 20.3.